The zero-order chi connectivity index (χ0) is 38.5. The number of amides is 4. The molecular weight excluding hydrogens is 688 g/mol. The van der Waals surface area contributed by atoms with E-state index in [2.05, 4.69) is 37.0 Å². The number of likely N-dealkylation sites (tertiary alicyclic amines) is 2. The Balaban J connectivity index is 1.14. The second-order valence-electron chi connectivity index (χ2n) is 14.5. The van der Waals surface area contributed by atoms with Crippen molar-refractivity contribution in [3.8, 4) is 22.4 Å². The number of pyridine rings is 1. The summed E-state index contributed by atoms with van der Waals surface area (Å²) in [5.41, 5.74) is 4.45. The molecule has 14 heteroatoms. The van der Waals surface area contributed by atoms with E-state index in [1.165, 1.54) is 7.11 Å². The van der Waals surface area contributed by atoms with E-state index in [1.54, 1.807) is 17.3 Å². The molecule has 4 aromatic rings. The molecule has 0 bridgehead atoms. The van der Waals surface area contributed by atoms with Gasteiger partial charge in [0.25, 0.3) is 0 Å². The van der Waals surface area contributed by atoms with E-state index in [-0.39, 0.29) is 29.7 Å². The molecule has 284 valence electrons. The summed E-state index contributed by atoms with van der Waals surface area (Å²) in [4.78, 5) is 66.4. The van der Waals surface area contributed by atoms with Gasteiger partial charge in [-0.15, -0.1) is 0 Å². The van der Waals surface area contributed by atoms with Gasteiger partial charge in [0.1, 0.15) is 23.7 Å². The molecule has 2 aliphatic rings. The van der Waals surface area contributed by atoms with Gasteiger partial charge in [0.05, 0.1) is 25.0 Å². The molecular formula is C40H48N8O6. The number of imidazole rings is 1. The minimum absolute atomic E-state index is 0.0262. The number of alkyl carbamates (subject to hydrolysis) is 1. The maximum absolute atomic E-state index is 13.6. The highest BCUT2D eigenvalue weighted by Gasteiger charge is 2.37. The van der Waals surface area contributed by atoms with E-state index in [9.17, 15) is 24.3 Å². The van der Waals surface area contributed by atoms with Crippen molar-refractivity contribution in [2.75, 3.05) is 25.5 Å². The number of nitrogens with one attached hydrogen (secondary N) is 4. The van der Waals surface area contributed by atoms with Crippen LogP contribution in [0.25, 0.3) is 33.2 Å². The third-order valence-corrected chi connectivity index (χ3v) is 10.1. The maximum Gasteiger partial charge on any atom is 0.411 e. The lowest BCUT2D eigenvalue weighted by Crippen LogP contribution is -2.50. The molecule has 3 unspecified atom stereocenters. The molecule has 4 heterocycles. The Morgan fingerprint density at radius 1 is 0.944 bits per heavy atom. The van der Waals surface area contributed by atoms with E-state index in [1.807, 2.05) is 81.3 Å². The van der Waals surface area contributed by atoms with Gasteiger partial charge in [-0.1, -0.05) is 64.1 Å². The minimum Gasteiger partial charge on any atom is -0.465 e. The van der Waals surface area contributed by atoms with Crippen LogP contribution in [0.5, 0.6) is 0 Å². The predicted octanol–water partition coefficient (Wildman–Crippen LogP) is 6.50. The summed E-state index contributed by atoms with van der Waals surface area (Å²) in [5.74, 6) is 0.603. The fourth-order valence-electron chi connectivity index (χ4n) is 7.19. The number of fused-ring (bicyclic) bond motifs is 1. The van der Waals surface area contributed by atoms with Crippen LogP contribution < -0.4 is 16.0 Å². The number of hydrogen-bond donors (Lipinski definition) is 5. The van der Waals surface area contributed by atoms with Crippen LogP contribution in [0.2, 0.25) is 0 Å². The van der Waals surface area contributed by atoms with E-state index < -0.39 is 24.3 Å². The van der Waals surface area contributed by atoms with Crippen LogP contribution in [0.4, 0.5) is 15.4 Å². The van der Waals surface area contributed by atoms with E-state index in [0.717, 1.165) is 52.4 Å². The Hall–Kier alpha value is -5.92. The number of aromatic nitrogens is 3. The number of H-pyrrole nitrogens is 1. The summed E-state index contributed by atoms with van der Waals surface area (Å²) >= 11 is 0. The number of nitrogens with zero attached hydrogens (tertiary/aromatic N) is 4. The largest absolute Gasteiger partial charge is 0.465 e. The first-order chi connectivity index (χ1) is 25.9. The molecule has 0 spiro atoms. The van der Waals surface area contributed by atoms with Gasteiger partial charge in [-0.3, -0.25) is 14.9 Å². The maximum atomic E-state index is 13.6. The summed E-state index contributed by atoms with van der Waals surface area (Å²) in [7, 11) is 1.32. The number of carbonyl (C=O) groups is 4. The molecule has 14 nitrogen and oxygen atoms in total. The molecule has 3 atom stereocenters. The second-order valence-corrected chi connectivity index (χ2v) is 14.5. The lowest BCUT2D eigenvalue weighted by molar-refractivity contribution is -0.135. The highest BCUT2D eigenvalue weighted by Crippen LogP contribution is 2.34. The summed E-state index contributed by atoms with van der Waals surface area (Å²) in [5, 5.41) is 19.2. The van der Waals surface area contributed by atoms with E-state index >= 15 is 0 Å². The molecule has 6 rings (SSSR count). The molecule has 2 saturated heterocycles. The number of benzene rings is 2. The Morgan fingerprint density at radius 3 is 2.37 bits per heavy atom. The first-order valence-electron chi connectivity index (χ1n) is 18.4. The van der Waals surface area contributed by atoms with Crippen molar-refractivity contribution in [3.05, 3.63) is 78.6 Å². The summed E-state index contributed by atoms with van der Waals surface area (Å²) < 4.78 is 4.77. The first kappa shape index (κ1) is 37.8. The van der Waals surface area contributed by atoms with Crippen LogP contribution in [0.15, 0.2) is 72.8 Å². The number of ether oxygens (including phenoxy) is 1. The second kappa shape index (κ2) is 16.4. The normalized spacial score (nSPS) is 17.9. The third-order valence-electron chi connectivity index (χ3n) is 10.1. The highest BCUT2D eigenvalue weighted by atomic mass is 16.5. The van der Waals surface area contributed by atoms with Crippen molar-refractivity contribution in [3.63, 3.8) is 0 Å². The number of hydrogen-bond acceptors (Lipinski definition) is 8. The standard InChI is InChI=1S/C40H48N8O6/c1-23(2)31(44-40(53)54-5)22-47-18-6-9-33(47)37(49)46-35-29-15-14-27(20-28(29)16-17-41-35)25-10-12-26(13-11-25)30-21-42-36(43-30)32-8-7-19-48(32)38(50)34(24(3)4)45-39(51)52/h10-17,20-24,32-34,45H,6-9,18-19H2,1-5H3,(H,42,43)(H,44,53)(H,51,52)(H,41,46,49). The van der Waals surface area contributed by atoms with Crippen molar-refractivity contribution in [1.82, 2.24) is 35.4 Å². The number of allylic oxidation sites excluding steroid dienone is 1. The topological polar surface area (TPSA) is 182 Å². The van der Waals surface area contributed by atoms with Crippen LogP contribution in [0.1, 0.15) is 65.2 Å². The van der Waals surface area contributed by atoms with Crippen LogP contribution in [-0.2, 0) is 14.3 Å². The van der Waals surface area contributed by atoms with Gasteiger partial charge in [-0.2, -0.15) is 0 Å². The average molecular weight is 737 g/mol. The molecule has 0 aliphatic carbocycles. The highest BCUT2D eigenvalue weighted by molar-refractivity contribution is 6.03. The number of anilines is 1. The third kappa shape index (κ3) is 8.32. The molecule has 0 saturated carbocycles. The van der Waals surface area contributed by atoms with Crippen LogP contribution in [-0.4, -0.2) is 86.1 Å². The van der Waals surface area contributed by atoms with Gasteiger partial charge in [-0.05, 0) is 71.7 Å². The van der Waals surface area contributed by atoms with Gasteiger partial charge < -0.3 is 35.3 Å². The Morgan fingerprint density at radius 2 is 1.67 bits per heavy atom. The number of methoxy groups -OCH3 is 1. The molecule has 0 radical (unpaired) electrons. The Bertz CT molecular complexity index is 2040. The Kier molecular flexibility index (Phi) is 11.5. The van der Waals surface area contributed by atoms with Gasteiger partial charge >= 0.3 is 12.2 Å². The fraction of sp³-hybridized carbons (Fsp3) is 0.400. The SMILES string of the molecule is COC(=O)NC(=CN1CCCC1C(=O)Nc1nccc2cc(-c3ccc(-c4cnc(C5CCCN5C(=O)C(NC(=O)O)C(C)C)[nH]4)cc3)ccc12)C(C)C. The van der Waals surface area contributed by atoms with Crippen LogP contribution in [0, 0.1) is 11.8 Å². The first-order valence-corrected chi connectivity index (χ1v) is 18.4. The molecule has 54 heavy (non-hydrogen) atoms. The van der Waals surface area contributed by atoms with Gasteiger partial charge in [0, 0.05) is 36.6 Å². The molecule has 5 N–H and O–H groups in total. The van der Waals surface area contributed by atoms with Crippen molar-refractivity contribution < 1.29 is 29.0 Å². The van der Waals surface area contributed by atoms with Crippen molar-refractivity contribution in [2.45, 2.75) is 71.5 Å². The number of carboxylic acid groups (broad SMARTS) is 1. The predicted molar refractivity (Wildman–Crippen MR) is 205 cm³/mol. The van der Waals surface area contributed by atoms with E-state index in [4.69, 9.17) is 4.74 Å². The van der Waals surface area contributed by atoms with Gasteiger partial charge in [0.2, 0.25) is 11.8 Å². The van der Waals surface area contributed by atoms with Crippen molar-refractivity contribution in [2.24, 2.45) is 11.8 Å². The molecule has 2 fully saturated rings. The lowest BCUT2D eigenvalue weighted by Gasteiger charge is -2.29. The average Bonchev–Trinajstić information content (AvgIpc) is 3.95. The van der Waals surface area contributed by atoms with Crippen molar-refractivity contribution in [1.29, 1.82) is 0 Å². The summed E-state index contributed by atoms with van der Waals surface area (Å²) in [6.45, 7) is 8.82. The zero-order valence-corrected chi connectivity index (χ0v) is 31.3. The van der Waals surface area contributed by atoms with E-state index in [0.29, 0.717) is 36.8 Å². The lowest BCUT2D eigenvalue weighted by atomic mass is 10.00. The summed E-state index contributed by atoms with van der Waals surface area (Å²) in [6.07, 6.45) is 6.61. The molecule has 2 aliphatic heterocycles. The summed E-state index contributed by atoms with van der Waals surface area (Å²) in [6, 6.07) is 14.6. The number of carbonyl (C=O) groups excluding carboxylic acids is 3. The number of aromatic amines is 1. The Labute approximate surface area is 314 Å². The molecule has 2 aromatic heterocycles. The number of rotatable bonds is 11. The van der Waals surface area contributed by atoms with Crippen LogP contribution in [0.3, 0.4) is 0 Å². The van der Waals surface area contributed by atoms with Gasteiger partial charge in [-0.25, -0.2) is 19.6 Å². The quantitative estimate of drug-likeness (QED) is 0.115. The van der Waals surface area contributed by atoms with Crippen LogP contribution >= 0.6 is 0 Å². The monoisotopic (exact) mass is 736 g/mol. The molecule has 4 amide bonds. The van der Waals surface area contributed by atoms with Crippen molar-refractivity contribution >= 4 is 40.6 Å². The minimum atomic E-state index is -1.22. The fourth-order valence-corrected chi connectivity index (χ4v) is 7.19. The zero-order valence-electron chi connectivity index (χ0n) is 31.3. The smallest absolute Gasteiger partial charge is 0.411 e. The van der Waals surface area contributed by atoms with Gasteiger partial charge in [0.15, 0.2) is 0 Å². The molecule has 2 aromatic carbocycles.